The molecule has 0 aliphatic carbocycles. The Balaban J connectivity index is 1.50. The first-order valence-corrected chi connectivity index (χ1v) is 12.2. The molecule has 1 fully saturated rings. The average molecular weight is 478 g/mol. The number of anilines is 1. The van der Waals surface area contributed by atoms with Gasteiger partial charge in [0.1, 0.15) is 15.3 Å². The number of hydrogen-bond acceptors (Lipinski definition) is 6. The van der Waals surface area contributed by atoms with Gasteiger partial charge in [0.15, 0.2) is 0 Å². The number of fused-ring (bicyclic) bond motifs is 2. The van der Waals surface area contributed by atoms with Gasteiger partial charge in [0.25, 0.3) is 5.91 Å². The molecule has 34 heavy (non-hydrogen) atoms. The third-order valence-electron chi connectivity index (χ3n) is 6.37. The number of nitrogens with zero attached hydrogens (tertiary/aromatic N) is 2. The van der Waals surface area contributed by atoms with E-state index in [4.69, 9.17) is 9.15 Å². The molecular weight excluding hydrogens is 450 g/mol. The Morgan fingerprint density at radius 2 is 1.79 bits per heavy atom. The lowest BCUT2D eigenvalue weighted by molar-refractivity contribution is -0.115. The number of aryl methyl sites for hydroxylation is 4. The summed E-state index contributed by atoms with van der Waals surface area (Å²) in [6.45, 7) is 10.1. The number of thiophene rings is 1. The number of benzene rings is 1. The van der Waals surface area contributed by atoms with E-state index in [0.29, 0.717) is 36.9 Å². The van der Waals surface area contributed by atoms with Crippen molar-refractivity contribution in [2.75, 3.05) is 31.6 Å². The number of furan rings is 1. The van der Waals surface area contributed by atoms with E-state index in [-0.39, 0.29) is 18.2 Å². The zero-order valence-corrected chi connectivity index (χ0v) is 20.6. The summed E-state index contributed by atoms with van der Waals surface area (Å²) in [6, 6.07) is 6.03. The number of aromatic nitrogens is 1. The molecule has 0 radical (unpaired) electrons. The summed E-state index contributed by atoms with van der Waals surface area (Å²) in [7, 11) is 0. The summed E-state index contributed by atoms with van der Waals surface area (Å²) in [5.74, 6) is -0.296. The van der Waals surface area contributed by atoms with Crippen LogP contribution in [0, 0.1) is 27.7 Å². The van der Waals surface area contributed by atoms with Gasteiger partial charge in [0.05, 0.1) is 31.6 Å². The van der Waals surface area contributed by atoms with Crippen molar-refractivity contribution in [3.63, 3.8) is 0 Å². The molecule has 0 bridgehead atoms. The standard InChI is InChI=1S/C26H27N3O4S/c1-14-10-19-18(13-33-20(19)11-15(14)2)12-21(30)28-23-22-16(3)9-17(4)27-25(22)34-24(23)26(31)29-5-7-32-8-6-29/h9-11,13H,5-8,12H2,1-4H3,(H,28,30). The van der Waals surface area contributed by atoms with Gasteiger partial charge in [-0.3, -0.25) is 9.59 Å². The van der Waals surface area contributed by atoms with Crippen LogP contribution in [0.1, 0.15) is 37.6 Å². The lowest BCUT2D eigenvalue weighted by Gasteiger charge is -2.26. The van der Waals surface area contributed by atoms with Crippen LogP contribution in [0.4, 0.5) is 5.69 Å². The van der Waals surface area contributed by atoms with E-state index in [1.807, 2.05) is 39.8 Å². The Labute approximate surface area is 201 Å². The molecule has 1 aliphatic heterocycles. The minimum atomic E-state index is -0.198. The highest BCUT2D eigenvalue weighted by Gasteiger charge is 2.27. The molecule has 7 nitrogen and oxygen atoms in total. The third-order valence-corrected chi connectivity index (χ3v) is 7.44. The largest absolute Gasteiger partial charge is 0.464 e. The van der Waals surface area contributed by atoms with Crippen LogP contribution in [0.5, 0.6) is 0 Å². The molecule has 3 aromatic heterocycles. The zero-order valence-electron chi connectivity index (χ0n) is 19.8. The van der Waals surface area contributed by atoms with E-state index in [1.165, 1.54) is 11.3 Å². The van der Waals surface area contributed by atoms with Crippen molar-refractivity contribution >= 4 is 50.0 Å². The topological polar surface area (TPSA) is 84.7 Å². The van der Waals surface area contributed by atoms with Gasteiger partial charge < -0.3 is 19.4 Å². The number of ether oxygens (including phenoxy) is 1. The van der Waals surface area contributed by atoms with Gasteiger partial charge in [-0.2, -0.15) is 0 Å². The Morgan fingerprint density at radius 1 is 1.06 bits per heavy atom. The van der Waals surface area contributed by atoms with Crippen molar-refractivity contribution in [3.8, 4) is 0 Å². The quantitative estimate of drug-likeness (QED) is 0.451. The second-order valence-corrected chi connectivity index (χ2v) is 9.89. The van der Waals surface area contributed by atoms with Crippen molar-refractivity contribution in [3.05, 3.63) is 57.3 Å². The lowest BCUT2D eigenvalue weighted by atomic mass is 10.0. The number of rotatable bonds is 4. The fraction of sp³-hybridized carbons (Fsp3) is 0.346. The molecule has 0 spiro atoms. The van der Waals surface area contributed by atoms with Gasteiger partial charge in [-0.15, -0.1) is 11.3 Å². The highest BCUT2D eigenvalue weighted by Crippen LogP contribution is 2.38. The van der Waals surface area contributed by atoms with Gasteiger partial charge in [0.2, 0.25) is 5.91 Å². The Kier molecular flexibility index (Phi) is 5.87. The van der Waals surface area contributed by atoms with Crippen LogP contribution >= 0.6 is 11.3 Å². The van der Waals surface area contributed by atoms with Crippen LogP contribution < -0.4 is 5.32 Å². The summed E-state index contributed by atoms with van der Waals surface area (Å²) < 4.78 is 11.1. The summed E-state index contributed by atoms with van der Waals surface area (Å²) in [6.07, 6.45) is 1.79. The first-order chi connectivity index (χ1) is 16.3. The maximum Gasteiger partial charge on any atom is 0.266 e. The minimum Gasteiger partial charge on any atom is -0.464 e. The number of hydrogen-bond donors (Lipinski definition) is 1. The van der Waals surface area contributed by atoms with Crippen molar-refractivity contribution in [2.45, 2.75) is 34.1 Å². The molecule has 1 saturated heterocycles. The number of amides is 2. The maximum atomic E-state index is 13.4. The monoisotopic (exact) mass is 477 g/mol. The summed E-state index contributed by atoms with van der Waals surface area (Å²) in [5.41, 5.74) is 6.29. The smallest absolute Gasteiger partial charge is 0.266 e. The molecule has 8 heteroatoms. The predicted molar refractivity (Wildman–Crippen MR) is 134 cm³/mol. The molecule has 2 amide bonds. The number of carbonyl (C=O) groups excluding carboxylic acids is 2. The van der Waals surface area contributed by atoms with Crippen LogP contribution in [-0.4, -0.2) is 48.0 Å². The molecule has 4 aromatic rings. The van der Waals surface area contributed by atoms with Crippen LogP contribution in [0.25, 0.3) is 21.2 Å². The molecule has 1 aromatic carbocycles. The first kappa shape index (κ1) is 22.6. The molecule has 4 heterocycles. The van der Waals surface area contributed by atoms with E-state index >= 15 is 0 Å². The van der Waals surface area contributed by atoms with E-state index in [2.05, 4.69) is 16.4 Å². The maximum absolute atomic E-state index is 13.4. The van der Waals surface area contributed by atoms with Crippen molar-refractivity contribution in [1.29, 1.82) is 0 Å². The Hall–Kier alpha value is -3.23. The molecule has 176 valence electrons. The summed E-state index contributed by atoms with van der Waals surface area (Å²) >= 11 is 1.33. The van der Waals surface area contributed by atoms with E-state index in [0.717, 1.165) is 49.1 Å². The first-order valence-electron chi connectivity index (χ1n) is 11.4. The number of carbonyl (C=O) groups is 2. The van der Waals surface area contributed by atoms with Gasteiger partial charge in [-0.25, -0.2) is 4.98 Å². The molecule has 0 saturated carbocycles. The summed E-state index contributed by atoms with van der Waals surface area (Å²) in [5, 5.41) is 4.81. The fourth-order valence-electron chi connectivity index (χ4n) is 4.45. The highest BCUT2D eigenvalue weighted by atomic mass is 32.1. The highest BCUT2D eigenvalue weighted by molar-refractivity contribution is 7.21. The van der Waals surface area contributed by atoms with Crippen LogP contribution in [0.15, 0.2) is 28.9 Å². The molecular formula is C26H27N3O4S. The second kappa shape index (κ2) is 8.85. The van der Waals surface area contributed by atoms with Crippen LogP contribution in [0.3, 0.4) is 0 Å². The SMILES string of the molecule is Cc1cc(C)c2c(NC(=O)Cc3coc4cc(C)c(C)cc34)c(C(=O)N3CCOCC3)sc2n1. The summed E-state index contributed by atoms with van der Waals surface area (Å²) in [4.78, 5) is 34.3. The second-order valence-electron chi connectivity index (χ2n) is 8.89. The van der Waals surface area contributed by atoms with E-state index < -0.39 is 0 Å². The Bertz CT molecular complexity index is 1430. The fourth-order valence-corrected chi connectivity index (χ4v) is 5.67. The molecule has 1 aliphatic rings. The van der Waals surface area contributed by atoms with Crippen molar-refractivity contribution in [2.24, 2.45) is 0 Å². The molecule has 0 atom stereocenters. The van der Waals surface area contributed by atoms with Gasteiger partial charge in [-0.1, -0.05) is 0 Å². The molecule has 1 N–H and O–H groups in total. The lowest BCUT2D eigenvalue weighted by Crippen LogP contribution is -2.40. The van der Waals surface area contributed by atoms with Gasteiger partial charge in [-0.05, 0) is 62.6 Å². The average Bonchev–Trinajstić information content (AvgIpc) is 3.35. The number of nitrogens with one attached hydrogen (secondary N) is 1. The zero-order chi connectivity index (χ0) is 24.0. The normalized spacial score (nSPS) is 14.2. The van der Waals surface area contributed by atoms with E-state index in [1.54, 1.807) is 11.2 Å². The van der Waals surface area contributed by atoms with Gasteiger partial charge in [0, 0.05) is 35.1 Å². The third kappa shape index (κ3) is 4.08. The van der Waals surface area contributed by atoms with Gasteiger partial charge >= 0.3 is 0 Å². The van der Waals surface area contributed by atoms with E-state index in [9.17, 15) is 9.59 Å². The van der Waals surface area contributed by atoms with Crippen LogP contribution in [0.2, 0.25) is 0 Å². The van der Waals surface area contributed by atoms with Crippen molar-refractivity contribution in [1.82, 2.24) is 9.88 Å². The predicted octanol–water partition coefficient (Wildman–Crippen LogP) is 4.93. The Morgan fingerprint density at radius 3 is 2.56 bits per heavy atom. The number of pyridine rings is 1. The minimum absolute atomic E-state index is 0.0986. The van der Waals surface area contributed by atoms with Crippen molar-refractivity contribution < 1.29 is 18.7 Å². The molecule has 0 unspecified atom stereocenters. The molecule has 5 rings (SSSR count). The number of morpholine rings is 1. The van der Waals surface area contributed by atoms with Crippen LogP contribution in [-0.2, 0) is 16.0 Å².